The number of amides is 2. The van der Waals surface area contributed by atoms with Crippen LogP contribution in [0.15, 0.2) is 60.9 Å². The van der Waals surface area contributed by atoms with Crippen LogP contribution in [0.25, 0.3) is 21.8 Å². The first-order valence-corrected chi connectivity index (χ1v) is 20.2. The average molecular weight is 753 g/mol. The molecule has 53 heavy (non-hydrogen) atoms. The first-order chi connectivity index (χ1) is 24.9. The smallest absolute Gasteiger partial charge is 0.410 e. The highest BCUT2D eigenvalue weighted by atomic mass is 32.2. The normalized spacial score (nSPS) is 23.9. The summed E-state index contributed by atoms with van der Waals surface area (Å²) in [7, 11) is -3.71. The van der Waals surface area contributed by atoms with Crippen LogP contribution in [0, 0.1) is 0 Å². The zero-order valence-corrected chi connectivity index (χ0v) is 32.5. The highest BCUT2D eigenvalue weighted by Gasteiger charge is 2.49. The van der Waals surface area contributed by atoms with E-state index in [1.807, 2.05) is 62.2 Å². The van der Waals surface area contributed by atoms with Gasteiger partial charge in [0.05, 0.1) is 24.4 Å². The maximum absolute atomic E-state index is 12.9. The van der Waals surface area contributed by atoms with E-state index in [-0.39, 0.29) is 26.0 Å². The van der Waals surface area contributed by atoms with Gasteiger partial charge in [-0.1, -0.05) is 36.4 Å². The van der Waals surface area contributed by atoms with Gasteiger partial charge in [0.1, 0.15) is 11.2 Å². The molecule has 2 aromatic carbocycles. The van der Waals surface area contributed by atoms with Crippen molar-refractivity contribution in [2.24, 2.45) is 5.73 Å². The number of carbonyl (C=O) groups excluding carboxylic acids is 2. The number of fused-ring (bicyclic) bond motifs is 3. The van der Waals surface area contributed by atoms with Crippen molar-refractivity contribution in [3.8, 4) is 0 Å². The number of hydrogen-bond donors (Lipinski definition) is 4. The summed E-state index contributed by atoms with van der Waals surface area (Å²) in [5.41, 5.74) is 9.33. The van der Waals surface area contributed by atoms with Crippen LogP contribution in [0.2, 0.25) is 0 Å². The second-order valence-corrected chi connectivity index (χ2v) is 17.9. The Labute approximate surface area is 313 Å². The Morgan fingerprint density at radius 1 is 0.868 bits per heavy atom. The summed E-state index contributed by atoms with van der Waals surface area (Å²) >= 11 is 0. The summed E-state index contributed by atoms with van der Waals surface area (Å²) in [6.07, 6.45) is 4.97. The van der Waals surface area contributed by atoms with Gasteiger partial charge in [-0.05, 0) is 77.6 Å². The number of likely N-dealkylation sites (tertiary alicyclic amines) is 2. The molecule has 0 bridgehead atoms. The number of hydrogen-bond acceptors (Lipinski definition) is 9. The summed E-state index contributed by atoms with van der Waals surface area (Å²) in [6.45, 7) is 13.3. The van der Waals surface area contributed by atoms with Gasteiger partial charge in [-0.2, -0.15) is 8.42 Å². The zero-order valence-electron chi connectivity index (χ0n) is 31.7. The molecular formula is C39H56N6O7S. The molecule has 3 fully saturated rings. The monoisotopic (exact) mass is 752 g/mol. The highest BCUT2D eigenvalue weighted by molar-refractivity contribution is 7.86. The van der Waals surface area contributed by atoms with Gasteiger partial charge in [0, 0.05) is 79.7 Å². The molecule has 2 aromatic heterocycles. The molecule has 0 unspecified atom stereocenters. The summed E-state index contributed by atoms with van der Waals surface area (Å²) in [5.74, 6) is -0.0333. The van der Waals surface area contributed by atoms with Gasteiger partial charge >= 0.3 is 12.2 Å². The molecule has 3 aliphatic rings. The minimum atomic E-state index is -3.71. The van der Waals surface area contributed by atoms with Crippen LogP contribution < -0.4 is 11.1 Å². The van der Waals surface area contributed by atoms with E-state index in [9.17, 15) is 18.0 Å². The lowest BCUT2D eigenvalue weighted by Gasteiger charge is -2.34. The number of para-hydroxylation sites is 2. The molecule has 4 aromatic rings. The zero-order chi connectivity index (χ0) is 38.3. The lowest BCUT2D eigenvalue weighted by Crippen LogP contribution is -2.48. The van der Waals surface area contributed by atoms with E-state index in [0.717, 1.165) is 47.7 Å². The Kier molecular flexibility index (Phi) is 10.9. The second-order valence-electron chi connectivity index (χ2n) is 16.3. The summed E-state index contributed by atoms with van der Waals surface area (Å²) in [6, 6.07) is 16.1. The fraction of sp³-hybridized carbons (Fsp3) is 0.538. The van der Waals surface area contributed by atoms with Crippen LogP contribution in [0.3, 0.4) is 0 Å². The minimum Gasteiger partial charge on any atom is -0.444 e. The molecule has 0 radical (unpaired) electrons. The fourth-order valence-electron chi connectivity index (χ4n) is 8.14. The summed E-state index contributed by atoms with van der Waals surface area (Å²) in [5, 5.41) is 5.84. The van der Waals surface area contributed by atoms with Gasteiger partial charge in [-0.15, -0.1) is 0 Å². The van der Waals surface area contributed by atoms with E-state index in [2.05, 4.69) is 39.7 Å². The van der Waals surface area contributed by atoms with Crippen LogP contribution in [0.5, 0.6) is 0 Å². The third kappa shape index (κ3) is 8.66. The number of carbonyl (C=O) groups is 2. The van der Waals surface area contributed by atoms with Gasteiger partial charge in [0.15, 0.2) is 0 Å². The van der Waals surface area contributed by atoms with Crippen molar-refractivity contribution in [2.75, 3.05) is 32.4 Å². The molecule has 5 heterocycles. The lowest BCUT2D eigenvalue weighted by atomic mass is 9.88. The van der Waals surface area contributed by atoms with E-state index in [1.165, 1.54) is 10.9 Å². The summed E-state index contributed by atoms with van der Waals surface area (Å²) in [4.78, 5) is 35.6. The largest absolute Gasteiger partial charge is 0.444 e. The molecule has 3 aliphatic heterocycles. The number of rotatable bonds is 6. The Hall–Kier alpha value is -4.11. The fourth-order valence-corrected chi connectivity index (χ4v) is 8.80. The number of H-pyrrole nitrogens is 2. The van der Waals surface area contributed by atoms with Crippen molar-refractivity contribution in [1.82, 2.24) is 25.1 Å². The number of aromatic nitrogens is 2. The van der Waals surface area contributed by atoms with Crippen LogP contribution in [0.1, 0.15) is 78.8 Å². The molecule has 0 saturated carbocycles. The quantitative estimate of drug-likeness (QED) is 0.171. The molecule has 0 spiro atoms. The third-order valence-electron chi connectivity index (χ3n) is 10.1. The number of ether oxygens (including phenoxy) is 2. The van der Waals surface area contributed by atoms with Crippen molar-refractivity contribution in [2.45, 2.75) is 102 Å². The Bertz CT molecular complexity index is 2040. The molecule has 7 rings (SSSR count). The standard InChI is InChI=1S/C20H29N3O5S.C19H25N3O2.H2/c1-20(2,3)27-19(24)23-10-9-17(28-29(4,25)26)18(23)14(11-21)15-12-22-16-8-6-5-7-13(15)16;1-19(2,3)24-18(23)22-9-8-16-17(22)14(11-21-16)13-10-20-15-7-5-4-6-12(13)15;/h5-8,12,14,17-18,22H,9-11,21H2,1-4H3;4-7,10,14,16-17,20-21H,8-9,11H2,1-3H3;1H/t14-,17-,18+;14-,16+,17+;/m00./s1. The van der Waals surface area contributed by atoms with Crippen molar-refractivity contribution in [1.29, 1.82) is 0 Å². The SMILES string of the molecule is CC(C)(C)OC(=O)N1CC[C@H](OS(C)(=O)=O)[C@H]1[C@@H](CN)c1c[nH]c2ccccc12.CC(C)(C)OC(=O)N1CC[C@H]2NC[C@@H](c3c[nH]c4ccccc34)[C@H]21.[HH]. The maximum Gasteiger partial charge on any atom is 0.410 e. The van der Waals surface area contributed by atoms with Crippen LogP contribution in [-0.2, 0) is 23.8 Å². The van der Waals surface area contributed by atoms with Crippen LogP contribution >= 0.6 is 0 Å². The van der Waals surface area contributed by atoms with Gasteiger partial charge < -0.3 is 40.3 Å². The molecular weight excluding hydrogens is 697 g/mol. The molecule has 13 nitrogen and oxygen atoms in total. The van der Waals surface area contributed by atoms with E-state index in [4.69, 9.17) is 19.4 Å². The Balaban J connectivity index is 0.000000207. The van der Waals surface area contributed by atoms with E-state index in [1.54, 1.807) is 25.7 Å². The van der Waals surface area contributed by atoms with Crippen LogP contribution in [0.4, 0.5) is 9.59 Å². The maximum atomic E-state index is 12.9. The lowest BCUT2D eigenvalue weighted by molar-refractivity contribution is 0.0143. The first kappa shape index (κ1) is 38.6. The molecule has 6 atom stereocenters. The van der Waals surface area contributed by atoms with E-state index < -0.39 is 39.6 Å². The van der Waals surface area contributed by atoms with Gasteiger partial charge in [-0.3, -0.25) is 4.18 Å². The van der Waals surface area contributed by atoms with Gasteiger partial charge in [-0.25, -0.2) is 9.59 Å². The highest BCUT2D eigenvalue weighted by Crippen LogP contribution is 2.40. The first-order valence-electron chi connectivity index (χ1n) is 18.4. The molecule has 14 heteroatoms. The molecule has 290 valence electrons. The number of nitrogens with zero attached hydrogens (tertiary/aromatic N) is 2. The van der Waals surface area contributed by atoms with Gasteiger partial charge in [0.25, 0.3) is 10.1 Å². The van der Waals surface area contributed by atoms with Gasteiger partial charge in [0.2, 0.25) is 0 Å². The number of benzene rings is 2. The average Bonchev–Trinajstić information content (AvgIpc) is 3.89. The number of aromatic amines is 2. The van der Waals surface area contributed by atoms with E-state index >= 15 is 0 Å². The molecule has 3 saturated heterocycles. The predicted octanol–water partition coefficient (Wildman–Crippen LogP) is 6.04. The van der Waals surface area contributed by atoms with E-state index in [0.29, 0.717) is 24.9 Å². The number of nitrogens with one attached hydrogen (secondary N) is 3. The Morgan fingerprint density at radius 2 is 1.43 bits per heavy atom. The van der Waals surface area contributed by atoms with Crippen LogP contribution in [-0.4, -0.2) is 108 Å². The molecule has 5 N–H and O–H groups in total. The van der Waals surface area contributed by atoms with Crippen molar-refractivity contribution in [3.05, 3.63) is 72.1 Å². The van der Waals surface area contributed by atoms with Crippen molar-refractivity contribution < 1.29 is 33.1 Å². The minimum absolute atomic E-state index is 0. The van der Waals surface area contributed by atoms with Crippen molar-refractivity contribution >= 4 is 44.1 Å². The topological polar surface area (TPSA) is 172 Å². The number of nitrogens with two attached hydrogens (primary N) is 1. The molecule has 2 amide bonds. The Morgan fingerprint density at radius 3 is 2.06 bits per heavy atom. The summed E-state index contributed by atoms with van der Waals surface area (Å²) < 4.78 is 40.3. The third-order valence-corrected chi connectivity index (χ3v) is 10.7. The predicted molar refractivity (Wildman–Crippen MR) is 207 cm³/mol. The second kappa shape index (κ2) is 15.0. The molecule has 0 aliphatic carbocycles. The van der Waals surface area contributed by atoms with Crippen molar-refractivity contribution in [3.63, 3.8) is 0 Å².